The van der Waals surface area contributed by atoms with Gasteiger partial charge in [-0.05, 0) is 38.1 Å². The van der Waals surface area contributed by atoms with E-state index in [-0.39, 0.29) is 0 Å². The molecule has 1 rings (SSSR count). The van der Waals surface area contributed by atoms with Gasteiger partial charge >= 0.3 is 0 Å². The normalized spacial score (nSPS) is 22.5. The van der Waals surface area contributed by atoms with E-state index in [2.05, 4.69) is 5.32 Å². The number of hydrogen-bond donors (Lipinski definition) is 1. The minimum atomic E-state index is 0.812. The molecule has 1 N–H and O–H groups in total. The lowest BCUT2D eigenvalue weighted by Gasteiger charge is -2.21. The minimum absolute atomic E-state index is 0.812. The number of ether oxygens (including phenoxy) is 2. The van der Waals surface area contributed by atoms with Crippen LogP contribution in [0.15, 0.2) is 0 Å². The molecule has 14 heavy (non-hydrogen) atoms. The Kier molecular flexibility index (Phi) is 7.01. The van der Waals surface area contributed by atoms with Crippen LogP contribution < -0.4 is 5.32 Å². The average molecular weight is 201 g/mol. The molecule has 84 valence electrons. The van der Waals surface area contributed by atoms with E-state index in [1.165, 1.54) is 25.7 Å². The van der Waals surface area contributed by atoms with Crippen LogP contribution >= 0.6 is 0 Å². The highest BCUT2D eigenvalue weighted by atomic mass is 16.5. The molecular weight excluding hydrogens is 178 g/mol. The van der Waals surface area contributed by atoms with Crippen LogP contribution in [-0.4, -0.2) is 40.0 Å². The van der Waals surface area contributed by atoms with Crippen molar-refractivity contribution in [3.05, 3.63) is 0 Å². The largest absolute Gasteiger partial charge is 0.383 e. The van der Waals surface area contributed by atoms with Crippen LogP contribution in [0.1, 0.15) is 25.7 Å². The van der Waals surface area contributed by atoms with Gasteiger partial charge in [0.25, 0.3) is 0 Å². The van der Waals surface area contributed by atoms with E-state index in [0.29, 0.717) is 0 Å². The third-order valence-corrected chi connectivity index (χ3v) is 2.70. The van der Waals surface area contributed by atoms with Crippen molar-refractivity contribution in [2.24, 2.45) is 5.92 Å². The SMILES string of the molecule is COCCNCCCC1CCCOC1. The zero-order valence-corrected chi connectivity index (χ0v) is 9.26. The zero-order chi connectivity index (χ0) is 10.1. The Morgan fingerprint density at radius 3 is 3.07 bits per heavy atom. The second-order valence-corrected chi connectivity index (χ2v) is 3.97. The Bertz CT molecular complexity index is 124. The molecule has 1 fully saturated rings. The molecule has 0 spiro atoms. The van der Waals surface area contributed by atoms with E-state index in [1.807, 2.05) is 0 Å². The second kappa shape index (κ2) is 8.21. The maximum absolute atomic E-state index is 5.44. The Morgan fingerprint density at radius 2 is 2.36 bits per heavy atom. The van der Waals surface area contributed by atoms with Gasteiger partial charge in [-0.15, -0.1) is 0 Å². The van der Waals surface area contributed by atoms with Gasteiger partial charge < -0.3 is 14.8 Å². The van der Waals surface area contributed by atoms with Gasteiger partial charge in [-0.3, -0.25) is 0 Å². The monoisotopic (exact) mass is 201 g/mol. The molecule has 0 bridgehead atoms. The van der Waals surface area contributed by atoms with Gasteiger partial charge in [-0.2, -0.15) is 0 Å². The van der Waals surface area contributed by atoms with Gasteiger partial charge in [0.2, 0.25) is 0 Å². The first-order valence-corrected chi connectivity index (χ1v) is 5.71. The van der Waals surface area contributed by atoms with E-state index in [0.717, 1.165) is 38.8 Å². The molecule has 0 radical (unpaired) electrons. The van der Waals surface area contributed by atoms with Gasteiger partial charge in [0.05, 0.1) is 6.61 Å². The summed E-state index contributed by atoms with van der Waals surface area (Å²) >= 11 is 0. The van der Waals surface area contributed by atoms with Crippen molar-refractivity contribution in [3.63, 3.8) is 0 Å². The highest BCUT2D eigenvalue weighted by Crippen LogP contribution is 2.17. The lowest BCUT2D eigenvalue weighted by molar-refractivity contribution is 0.0509. The maximum atomic E-state index is 5.44. The molecule has 0 aromatic carbocycles. The molecule has 0 aromatic heterocycles. The first-order chi connectivity index (χ1) is 6.93. The predicted octanol–water partition coefficient (Wildman–Crippen LogP) is 1.43. The number of hydrogen-bond acceptors (Lipinski definition) is 3. The Hall–Kier alpha value is -0.120. The van der Waals surface area contributed by atoms with E-state index in [4.69, 9.17) is 9.47 Å². The molecule has 0 aliphatic carbocycles. The Labute approximate surface area is 87.2 Å². The van der Waals surface area contributed by atoms with E-state index in [9.17, 15) is 0 Å². The second-order valence-electron chi connectivity index (χ2n) is 3.97. The van der Waals surface area contributed by atoms with Crippen LogP contribution in [0, 0.1) is 5.92 Å². The highest BCUT2D eigenvalue weighted by Gasteiger charge is 2.12. The van der Waals surface area contributed by atoms with Crippen LogP contribution in [0.25, 0.3) is 0 Å². The number of nitrogens with one attached hydrogen (secondary N) is 1. The van der Waals surface area contributed by atoms with Crippen LogP contribution in [-0.2, 0) is 9.47 Å². The summed E-state index contributed by atoms with van der Waals surface area (Å²) in [5.41, 5.74) is 0. The number of rotatable bonds is 7. The third kappa shape index (κ3) is 5.58. The van der Waals surface area contributed by atoms with Crippen molar-refractivity contribution in [3.8, 4) is 0 Å². The van der Waals surface area contributed by atoms with Crippen LogP contribution in [0.4, 0.5) is 0 Å². The van der Waals surface area contributed by atoms with Crippen molar-refractivity contribution in [2.75, 3.05) is 40.0 Å². The summed E-state index contributed by atoms with van der Waals surface area (Å²) in [7, 11) is 1.74. The quantitative estimate of drug-likeness (QED) is 0.632. The molecule has 3 heteroatoms. The fourth-order valence-corrected chi connectivity index (χ4v) is 1.85. The van der Waals surface area contributed by atoms with Gasteiger partial charge in [-0.1, -0.05) is 0 Å². The summed E-state index contributed by atoms with van der Waals surface area (Å²) in [6, 6.07) is 0. The summed E-state index contributed by atoms with van der Waals surface area (Å²) in [4.78, 5) is 0. The maximum Gasteiger partial charge on any atom is 0.0587 e. The van der Waals surface area contributed by atoms with Crippen LogP contribution in [0.5, 0.6) is 0 Å². The van der Waals surface area contributed by atoms with Crippen LogP contribution in [0.3, 0.4) is 0 Å². The molecule has 3 nitrogen and oxygen atoms in total. The lowest BCUT2D eigenvalue weighted by Crippen LogP contribution is -2.22. The van der Waals surface area contributed by atoms with E-state index in [1.54, 1.807) is 7.11 Å². The van der Waals surface area contributed by atoms with Crippen molar-refractivity contribution >= 4 is 0 Å². The van der Waals surface area contributed by atoms with Crippen molar-refractivity contribution in [2.45, 2.75) is 25.7 Å². The van der Waals surface area contributed by atoms with Gasteiger partial charge in [0.15, 0.2) is 0 Å². The summed E-state index contributed by atoms with van der Waals surface area (Å²) in [5, 5.41) is 3.36. The molecule has 0 aromatic rings. The summed E-state index contributed by atoms with van der Waals surface area (Å²) in [6.07, 6.45) is 5.18. The molecule has 1 heterocycles. The first kappa shape index (κ1) is 12.0. The minimum Gasteiger partial charge on any atom is -0.383 e. The first-order valence-electron chi connectivity index (χ1n) is 5.71. The molecule has 1 saturated heterocycles. The van der Waals surface area contributed by atoms with Gasteiger partial charge in [0.1, 0.15) is 0 Å². The number of methoxy groups -OCH3 is 1. The molecule has 1 atom stereocenters. The average Bonchev–Trinajstić information content (AvgIpc) is 2.25. The smallest absolute Gasteiger partial charge is 0.0587 e. The van der Waals surface area contributed by atoms with Gasteiger partial charge in [-0.25, -0.2) is 0 Å². The van der Waals surface area contributed by atoms with E-state index < -0.39 is 0 Å². The summed E-state index contributed by atoms with van der Waals surface area (Å²) in [6.45, 7) is 4.85. The Balaban J connectivity index is 1.82. The molecule has 0 amide bonds. The molecule has 1 aliphatic rings. The van der Waals surface area contributed by atoms with Crippen LogP contribution in [0.2, 0.25) is 0 Å². The lowest BCUT2D eigenvalue weighted by atomic mass is 9.97. The summed E-state index contributed by atoms with van der Waals surface area (Å²) in [5.74, 6) is 0.813. The van der Waals surface area contributed by atoms with Crippen molar-refractivity contribution in [1.29, 1.82) is 0 Å². The topological polar surface area (TPSA) is 30.5 Å². The molecule has 1 unspecified atom stereocenters. The fourth-order valence-electron chi connectivity index (χ4n) is 1.85. The molecule has 1 aliphatic heterocycles. The highest BCUT2D eigenvalue weighted by molar-refractivity contribution is 4.63. The standard InChI is InChI=1S/C11H23NO2/c1-13-9-7-12-6-2-4-11-5-3-8-14-10-11/h11-12H,2-10H2,1H3. The van der Waals surface area contributed by atoms with Crippen molar-refractivity contribution < 1.29 is 9.47 Å². The van der Waals surface area contributed by atoms with E-state index >= 15 is 0 Å². The van der Waals surface area contributed by atoms with Gasteiger partial charge in [0, 0.05) is 26.9 Å². The molecular formula is C11H23NO2. The fraction of sp³-hybridized carbons (Fsp3) is 1.00. The zero-order valence-electron chi connectivity index (χ0n) is 9.26. The molecule has 0 saturated carbocycles. The van der Waals surface area contributed by atoms with Crippen molar-refractivity contribution in [1.82, 2.24) is 5.32 Å². The Morgan fingerprint density at radius 1 is 1.43 bits per heavy atom. The predicted molar refractivity (Wildman–Crippen MR) is 57.5 cm³/mol. The third-order valence-electron chi connectivity index (χ3n) is 2.70. The summed E-state index contributed by atoms with van der Waals surface area (Å²) < 4.78 is 10.4.